The van der Waals surface area contributed by atoms with Crippen molar-refractivity contribution in [3.05, 3.63) is 29.8 Å². The van der Waals surface area contributed by atoms with Gasteiger partial charge in [-0.05, 0) is 38.7 Å². The minimum atomic E-state index is -4.92. The molecule has 1 aromatic rings. The van der Waals surface area contributed by atoms with Crippen molar-refractivity contribution < 1.29 is 32.4 Å². The van der Waals surface area contributed by atoms with Crippen LogP contribution in [-0.4, -0.2) is 41.1 Å². The number of halogens is 3. The summed E-state index contributed by atoms with van der Waals surface area (Å²) in [7, 11) is -0.562. The molecule has 0 saturated carbocycles. The first-order valence-electron chi connectivity index (χ1n) is 7.85. The topological polar surface area (TPSA) is 60.3 Å². The molecule has 2 aliphatic rings. The average Bonchev–Trinajstić information content (AvgIpc) is 2.98. The average molecular weight is 357 g/mol. The third-order valence-corrected chi connectivity index (χ3v) is 4.93. The molecule has 0 aromatic heterocycles. The van der Waals surface area contributed by atoms with Crippen LogP contribution in [0.2, 0.25) is 0 Å². The second-order valence-corrected chi connectivity index (χ2v) is 7.30. The number of oxime groups is 1. The van der Waals surface area contributed by atoms with Crippen LogP contribution in [0.5, 0.6) is 0 Å². The van der Waals surface area contributed by atoms with Crippen molar-refractivity contribution in [1.29, 1.82) is 0 Å². The molecule has 0 aliphatic carbocycles. The lowest BCUT2D eigenvalue weighted by atomic mass is 9.78. The van der Waals surface area contributed by atoms with Crippen LogP contribution < -0.4 is 5.46 Å². The zero-order valence-corrected chi connectivity index (χ0v) is 14.3. The maximum atomic E-state index is 12.8. The maximum Gasteiger partial charge on any atom is 0.494 e. The lowest BCUT2D eigenvalue weighted by Crippen LogP contribution is -2.45. The Morgan fingerprint density at radius 1 is 1.04 bits per heavy atom. The fraction of sp³-hybridized carbons (Fsp3) is 0.562. The molecule has 25 heavy (non-hydrogen) atoms. The Kier molecular flexibility index (Phi) is 3.98. The van der Waals surface area contributed by atoms with Crippen LogP contribution in [-0.2, 0) is 14.1 Å². The Balaban J connectivity index is 1.75. The Hall–Kier alpha value is -1.58. The Morgan fingerprint density at radius 2 is 1.56 bits per heavy atom. The van der Waals surface area contributed by atoms with E-state index in [1.54, 1.807) is 24.3 Å². The summed E-state index contributed by atoms with van der Waals surface area (Å²) in [5, 5.41) is 12.9. The van der Waals surface area contributed by atoms with Gasteiger partial charge in [0.1, 0.15) is 0 Å². The zero-order chi connectivity index (χ0) is 18.7. The highest BCUT2D eigenvalue weighted by Gasteiger charge is 2.60. The van der Waals surface area contributed by atoms with E-state index in [0.717, 1.165) is 5.46 Å². The van der Waals surface area contributed by atoms with Gasteiger partial charge in [0.15, 0.2) is 0 Å². The lowest BCUT2D eigenvalue weighted by molar-refractivity contribution is -0.355. The van der Waals surface area contributed by atoms with E-state index in [1.807, 2.05) is 27.7 Å². The number of benzene rings is 1. The van der Waals surface area contributed by atoms with E-state index >= 15 is 0 Å². The predicted molar refractivity (Wildman–Crippen MR) is 85.4 cm³/mol. The molecule has 2 aliphatic heterocycles. The standard InChI is InChI=1S/C16H19BF3NO4/c1-13(2)14(3,4)24-17(23-13)11-7-5-10(6-8-11)12-9-15(22,25-21-12)16(18,19)20/h5-8,22H,9H2,1-4H3. The molecule has 1 atom stereocenters. The van der Waals surface area contributed by atoms with Gasteiger partial charge in [-0.15, -0.1) is 0 Å². The van der Waals surface area contributed by atoms with Crippen LogP contribution in [0.25, 0.3) is 0 Å². The Labute approximate surface area is 143 Å². The molecule has 1 aromatic carbocycles. The third-order valence-electron chi connectivity index (χ3n) is 4.93. The van der Waals surface area contributed by atoms with Gasteiger partial charge in [0, 0.05) is 0 Å². The highest BCUT2D eigenvalue weighted by molar-refractivity contribution is 6.62. The molecule has 3 rings (SSSR count). The van der Waals surface area contributed by atoms with Crippen LogP contribution in [0, 0.1) is 0 Å². The largest absolute Gasteiger partial charge is 0.494 e. The van der Waals surface area contributed by atoms with E-state index in [4.69, 9.17) is 9.31 Å². The van der Waals surface area contributed by atoms with Gasteiger partial charge in [-0.3, -0.25) is 0 Å². The fourth-order valence-corrected chi connectivity index (χ4v) is 2.54. The van der Waals surface area contributed by atoms with E-state index in [1.165, 1.54) is 0 Å². The summed E-state index contributed by atoms with van der Waals surface area (Å²) in [5.74, 6) is -3.27. The summed E-state index contributed by atoms with van der Waals surface area (Å²) in [6, 6.07) is 6.60. The predicted octanol–water partition coefficient (Wildman–Crippen LogP) is 2.36. The van der Waals surface area contributed by atoms with Crippen LogP contribution in [0.15, 0.2) is 29.4 Å². The van der Waals surface area contributed by atoms with Gasteiger partial charge in [0.2, 0.25) is 0 Å². The van der Waals surface area contributed by atoms with Crippen molar-refractivity contribution in [3.63, 3.8) is 0 Å². The molecule has 136 valence electrons. The summed E-state index contributed by atoms with van der Waals surface area (Å²) in [6.07, 6.45) is -5.67. The van der Waals surface area contributed by atoms with Crippen molar-refractivity contribution in [3.8, 4) is 0 Å². The molecule has 0 bridgehead atoms. The van der Waals surface area contributed by atoms with Gasteiger partial charge in [-0.1, -0.05) is 29.4 Å². The summed E-state index contributed by atoms with van der Waals surface area (Å²) < 4.78 is 50.2. The summed E-state index contributed by atoms with van der Waals surface area (Å²) in [5.41, 5.74) is 0.236. The quantitative estimate of drug-likeness (QED) is 0.826. The zero-order valence-electron chi connectivity index (χ0n) is 14.3. The number of hydrogen-bond donors (Lipinski definition) is 1. The molecule has 1 unspecified atom stereocenters. The summed E-state index contributed by atoms with van der Waals surface area (Å²) in [6.45, 7) is 7.74. The monoisotopic (exact) mass is 357 g/mol. The summed E-state index contributed by atoms with van der Waals surface area (Å²) >= 11 is 0. The van der Waals surface area contributed by atoms with Crippen LogP contribution >= 0.6 is 0 Å². The number of hydrogen-bond acceptors (Lipinski definition) is 5. The molecule has 9 heteroatoms. The molecule has 1 N–H and O–H groups in total. The van der Waals surface area contributed by atoms with Gasteiger partial charge in [-0.2, -0.15) is 13.2 Å². The number of aliphatic hydroxyl groups is 1. The SMILES string of the molecule is CC1(C)OB(c2ccc(C3=NOC(O)(C(F)(F)F)C3)cc2)OC1(C)C. The van der Waals surface area contributed by atoms with Gasteiger partial charge in [0.05, 0.1) is 23.3 Å². The smallest absolute Gasteiger partial charge is 0.399 e. The van der Waals surface area contributed by atoms with Gasteiger partial charge >= 0.3 is 19.1 Å². The van der Waals surface area contributed by atoms with E-state index < -0.39 is 36.7 Å². The molecule has 0 radical (unpaired) electrons. The molecule has 0 spiro atoms. The van der Waals surface area contributed by atoms with Gasteiger partial charge in [0.25, 0.3) is 0 Å². The van der Waals surface area contributed by atoms with Crippen molar-refractivity contribution in [2.45, 2.75) is 57.3 Å². The first-order valence-corrected chi connectivity index (χ1v) is 7.85. The van der Waals surface area contributed by atoms with E-state index in [2.05, 4.69) is 9.99 Å². The molecule has 2 heterocycles. The molecule has 5 nitrogen and oxygen atoms in total. The third kappa shape index (κ3) is 3.05. The van der Waals surface area contributed by atoms with Crippen molar-refractivity contribution in [1.82, 2.24) is 0 Å². The van der Waals surface area contributed by atoms with Crippen molar-refractivity contribution in [2.24, 2.45) is 5.16 Å². The van der Waals surface area contributed by atoms with E-state index in [9.17, 15) is 18.3 Å². The second kappa shape index (κ2) is 5.46. The highest BCUT2D eigenvalue weighted by Crippen LogP contribution is 2.39. The lowest BCUT2D eigenvalue weighted by Gasteiger charge is -2.32. The fourth-order valence-electron chi connectivity index (χ4n) is 2.54. The Morgan fingerprint density at radius 3 is 2.00 bits per heavy atom. The van der Waals surface area contributed by atoms with E-state index in [-0.39, 0.29) is 5.71 Å². The highest BCUT2D eigenvalue weighted by atomic mass is 19.4. The minimum absolute atomic E-state index is 0.0280. The maximum absolute atomic E-state index is 12.8. The molecule has 0 amide bonds. The van der Waals surface area contributed by atoms with E-state index in [0.29, 0.717) is 5.56 Å². The normalized spacial score (nSPS) is 28.0. The first-order chi connectivity index (χ1) is 11.3. The first kappa shape index (κ1) is 18.2. The van der Waals surface area contributed by atoms with Gasteiger partial charge < -0.3 is 19.3 Å². The van der Waals surface area contributed by atoms with Crippen molar-refractivity contribution >= 4 is 18.3 Å². The second-order valence-electron chi connectivity index (χ2n) is 7.30. The number of nitrogens with zero attached hydrogens (tertiary/aromatic N) is 1. The van der Waals surface area contributed by atoms with Gasteiger partial charge in [-0.25, -0.2) is 0 Å². The van der Waals surface area contributed by atoms with Crippen molar-refractivity contribution in [2.75, 3.05) is 0 Å². The molecular weight excluding hydrogens is 338 g/mol. The van der Waals surface area contributed by atoms with Crippen LogP contribution in [0.1, 0.15) is 39.7 Å². The molecule has 1 fully saturated rings. The van der Waals surface area contributed by atoms with Crippen LogP contribution in [0.3, 0.4) is 0 Å². The number of alkyl halides is 3. The minimum Gasteiger partial charge on any atom is -0.399 e. The molecular formula is C16H19BF3NO4. The Bertz CT molecular complexity index is 686. The number of rotatable bonds is 2. The van der Waals surface area contributed by atoms with Crippen LogP contribution in [0.4, 0.5) is 13.2 Å². The summed E-state index contributed by atoms with van der Waals surface area (Å²) in [4.78, 5) is 4.23. The molecule has 1 saturated heterocycles.